The van der Waals surface area contributed by atoms with E-state index >= 15 is 0 Å². The number of amides is 1. The van der Waals surface area contributed by atoms with E-state index in [1.807, 2.05) is 67.6 Å². The Morgan fingerprint density at radius 3 is 2.27 bits per heavy atom. The van der Waals surface area contributed by atoms with Crippen molar-refractivity contribution in [2.75, 3.05) is 6.54 Å². The van der Waals surface area contributed by atoms with Gasteiger partial charge in [-0.2, -0.15) is 0 Å². The molecular weight excluding hydrogens is 292 g/mol. The molecule has 0 aliphatic heterocycles. The Bertz CT molecular complexity index is 574. The maximum Gasteiger partial charge on any atom is 0.233 e. The molecule has 0 aliphatic carbocycles. The van der Waals surface area contributed by atoms with Gasteiger partial charge in [0.1, 0.15) is 0 Å². The summed E-state index contributed by atoms with van der Waals surface area (Å²) in [6, 6.07) is 19.6. The van der Waals surface area contributed by atoms with Crippen molar-refractivity contribution in [2.45, 2.75) is 29.5 Å². The summed E-state index contributed by atoms with van der Waals surface area (Å²) in [5, 5.41) is 2.88. The largest absolute Gasteiger partial charge is 0.353 e. The lowest BCUT2D eigenvalue weighted by Gasteiger charge is -2.17. The zero-order valence-corrected chi connectivity index (χ0v) is 13.6. The fraction of sp³-hybridized carbons (Fsp3) is 0.278. The van der Waals surface area contributed by atoms with Gasteiger partial charge in [0, 0.05) is 17.5 Å². The number of thioether (sulfide) groups is 1. The fourth-order valence-corrected chi connectivity index (χ4v) is 3.13. The third-order valence-electron chi connectivity index (χ3n) is 3.41. The molecule has 0 heterocycles. The summed E-state index contributed by atoms with van der Waals surface area (Å²) in [7, 11) is 0. The maximum absolute atomic E-state index is 12.3. The molecule has 2 unspecified atom stereocenters. The molecule has 2 atom stereocenters. The molecule has 0 spiro atoms. The predicted molar refractivity (Wildman–Crippen MR) is 92.8 cm³/mol. The van der Waals surface area contributed by atoms with E-state index in [1.54, 1.807) is 11.8 Å². The molecule has 0 fully saturated rings. The Morgan fingerprint density at radius 2 is 1.68 bits per heavy atom. The van der Waals surface area contributed by atoms with Crippen molar-refractivity contribution in [1.29, 1.82) is 0 Å². The average molecular weight is 314 g/mol. The minimum Gasteiger partial charge on any atom is -0.353 e. The van der Waals surface area contributed by atoms with E-state index in [4.69, 9.17) is 5.73 Å². The molecule has 2 aromatic carbocycles. The topological polar surface area (TPSA) is 55.1 Å². The van der Waals surface area contributed by atoms with E-state index in [9.17, 15) is 4.79 Å². The Kier molecular flexibility index (Phi) is 6.49. The molecule has 0 aliphatic rings. The summed E-state index contributed by atoms with van der Waals surface area (Å²) in [6.45, 7) is 2.48. The van der Waals surface area contributed by atoms with Crippen LogP contribution in [0.1, 0.15) is 24.9 Å². The van der Waals surface area contributed by atoms with E-state index in [-0.39, 0.29) is 17.2 Å². The summed E-state index contributed by atoms with van der Waals surface area (Å²) in [5.74, 6) is 0.0442. The van der Waals surface area contributed by atoms with Crippen LogP contribution >= 0.6 is 11.8 Å². The molecule has 0 bridgehead atoms. The van der Waals surface area contributed by atoms with Crippen LogP contribution in [0.3, 0.4) is 0 Å². The quantitative estimate of drug-likeness (QED) is 0.770. The number of rotatable bonds is 7. The first-order valence-electron chi connectivity index (χ1n) is 7.50. The van der Waals surface area contributed by atoms with Gasteiger partial charge < -0.3 is 11.1 Å². The summed E-state index contributed by atoms with van der Waals surface area (Å²) < 4.78 is 0. The highest BCUT2D eigenvalue weighted by molar-refractivity contribution is 8.00. The molecule has 2 aromatic rings. The van der Waals surface area contributed by atoms with Crippen molar-refractivity contribution < 1.29 is 4.79 Å². The molecule has 116 valence electrons. The highest BCUT2D eigenvalue weighted by Gasteiger charge is 2.18. The summed E-state index contributed by atoms with van der Waals surface area (Å²) in [6.07, 6.45) is 0.784. The first-order valence-corrected chi connectivity index (χ1v) is 8.38. The van der Waals surface area contributed by atoms with Crippen LogP contribution in [0, 0.1) is 0 Å². The Labute approximate surface area is 136 Å². The molecule has 4 heteroatoms. The smallest absolute Gasteiger partial charge is 0.233 e. The van der Waals surface area contributed by atoms with Gasteiger partial charge in [-0.25, -0.2) is 0 Å². The van der Waals surface area contributed by atoms with Crippen LogP contribution < -0.4 is 11.1 Å². The average Bonchev–Trinajstić information content (AvgIpc) is 2.59. The normalized spacial score (nSPS) is 13.4. The predicted octanol–water partition coefficient (Wildman–Crippen LogP) is 3.37. The van der Waals surface area contributed by atoms with Gasteiger partial charge in [0.2, 0.25) is 5.91 Å². The molecule has 3 nitrogen and oxygen atoms in total. The highest BCUT2D eigenvalue weighted by Crippen LogP contribution is 2.25. The van der Waals surface area contributed by atoms with Gasteiger partial charge >= 0.3 is 0 Å². The van der Waals surface area contributed by atoms with Gasteiger partial charge in [0.05, 0.1) is 5.25 Å². The third-order valence-corrected chi connectivity index (χ3v) is 4.78. The molecule has 2 rings (SSSR count). The van der Waals surface area contributed by atoms with Crippen molar-refractivity contribution in [2.24, 2.45) is 5.73 Å². The second kappa shape index (κ2) is 8.61. The van der Waals surface area contributed by atoms with Gasteiger partial charge in [-0.1, -0.05) is 55.5 Å². The zero-order valence-electron chi connectivity index (χ0n) is 12.7. The van der Waals surface area contributed by atoms with Crippen LogP contribution in [-0.4, -0.2) is 17.7 Å². The highest BCUT2D eigenvalue weighted by atomic mass is 32.2. The SMILES string of the molecule is CCC(Sc1ccccc1)C(=O)NCC(N)c1ccccc1. The number of benzene rings is 2. The van der Waals surface area contributed by atoms with Gasteiger partial charge in [0.25, 0.3) is 0 Å². The number of hydrogen-bond donors (Lipinski definition) is 2. The fourth-order valence-electron chi connectivity index (χ4n) is 2.13. The summed E-state index contributed by atoms with van der Waals surface area (Å²) in [5.41, 5.74) is 7.15. The van der Waals surface area contributed by atoms with Crippen molar-refractivity contribution >= 4 is 17.7 Å². The minimum absolute atomic E-state index is 0.0442. The van der Waals surface area contributed by atoms with Crippen LogP contribution in [0.4, 0.5) is 0 Å². The lowest BCUT2D eigenvalue weighted by molar-refractivity contribution is -0.120. The van der Waals surface area contributed by atoms with Crippen LogP contribution in [0.2, 0.25) is 0 Å². The first kappa shape index (κ1) is 16.6. The zero-order chi connectivity index (χ0) is 15.8. The van der Waals surface area contributed by atoms with Crippen molar-refractivity contribution in [1.82, 2.24) is 5.32 Å². The van der Waals surface area contributed by atoms with E-state index in [0.29, 0.717) is 6.54 Å². The third kappa shape index (κ3) is 4.90. The standard InChI is InChI=1S/C18H22N2OS/c1-2-17(22-15-11-7-4-8-12-15)18(21)20-13-16(19)14-9-5-3-6-10-14/h3-12,16-17H,2,13,19H2,1H3,(H,20,21). The van der Waals surface area contributed by atoms with Crippen molar-refractivity contribution in [3.05, 3.63) is 66.2 Å². The van der Waals surface area contributed by atoms with E-state index in [1.165, 1.54) is 0 Å². The molecule has 22 heavy (non-hydrogen) atoms. The van der Waals surface area contributed by atoms with Gasteiger partial charge in [0.15, 0.2) is 0 Å². The van der Waals surface area contributed by atoms with E-state index in [2.05, 4.69) is 5.32 Å². The van der Waals surface area contributed by atoms with Crippen LogP contribution in [-0.2, 0) is 4.79 Å². The van der Waals surface area contributed by atoms with Crippen molar-refractivity contribution in [3.63, 3.8) is 0 Å². The summed E-state index contributed by atoms with van der Waals surface area (Å²) >= 11 is 1.59. The second-order valence-corrected chi connectivity index (χ2v) is 6.37. The maximum atomic E-state index is 12.3. The van der Waals surface area contributed by atoms with Gasteiger partial charge in [-0.05, 0) is 24.1 Å². The number of carbonyl (C=O) groups excluding carboxylic acids is 1. The molecule has 0 radical (unpaired) electrons. The van der Waals surface area contributed by atoms with E-state index < -0.39 is 0 Å². The Balaban J connectivity index is 1.87. The lowest BCUT2D eigenvalue weighted by Crippen LogP contribution is -2.37. The number of carbonyl (C=O) groups is 1. The van der Waals surface area contributed by atoms with Crippen LogP contribution in [0.5, 0.6) is 0 Å². The van der Waals surface area contributed by atoms with Crippen LogP contribution in [0.25, 0.3) is 0 Å². The van der Waals surface area contributed by atoms with Gasteiger partial charge in [-0.15, -0.1) is 11.8 Å². The van der Waals surface area contributed by atoms with E-state index in [0.717, 1.165) is 16.9 Å². The lowest BCUT2D eigenvalue weighted by atomic mass is 10.1. The first-order chi connectivity index (χ1) is 10.7. The Hall–Kier alpha value is -1.78. The number of hydrogen-bond acceptors (Lipinski definition) is 3. The molecule has 1 amide bonds. The molecule has 0 aromatic heterocycles. The van der Waals surface area contributed by atoms with Gasteiger partial charge in [-0.3, -0.25) is 4.79 Å². The number of nitrogens with one attached hydrogen (secondary N) is 1. The minimum atomic E-state index is -0.176. The second-order valence-electron chi connectivity index (χ2n) is 5.09. The molecule has 0 saturated carbocycles. The van der Waals surface area contributed by atoms with Crippen molar-refractivity contribution in [3.8, 4) is 0 Å². The molecular formula is C18H22N2OS. The molecule has 3 N–H and O–H groups in total. The number of nitrogens with two attached hydrogens (primary N) is 1. The monoisotopic (exact) mass is 314 g/mol. The summed E-state index contributed by atoms with van der Waals surface area (Å²) in [4.78, 5) is 13.4. The molecule has 0 saturated heterocycles. The Morgan fingerprint density at radius 1 is 1.09 bits per heavy atom. The van der Waals surface area contributed by atoms with Crippen LogP contribution in [0.15, 0.2) is 65.6 Å².